The molecule has 0 unspecified atom stereocenters. The summed E-state index contributed by atoms with van der Waals surface area (Å²) in [6.45, 7) is 0. The number of hydrogen-bond acceptors (Lipinski definition) is 3. The van der Waals surface area contributed by atoms with Gasteiger partial charge in [0.15, 0.2) is 0 Å². The van der Waals surface area contributed by atoms with E-state index in [0.717, 1.165) is 0 Å². The van der Waals surface area contributed by atoms with Gasteiger partial charge in [-0.15, -0.1) is 0 Å². The van der Waals surface area contributed by atoms with Crippen LogP contribution in [0.2, 0.25) is 0 Å². The van der Waals surface area contributed by atoms with Crippen LogP contribution < -0.4 is 0 Å². The second-order valence-corrected chi connectivity index (χ2v) is 2.64. The Kier molecular flexibility index (Phi) is 3.08. The first-order valence-electron chi connectivity index (χ1n) is 3.70. The molecule has 1 aromatic heterocycles. The van der Waals surface area contributed by atoms with E-state index in [-0.39, 0.29) is 5.91 Å². The lowest BCUT2D eigenvalue weighted by atomic mass is 10.3. The molecular weight excluding hydrogens is 168 g/mol. The van der Waals surface area contributed by atoms with Gasteiger partial charge in [-0.25, -0.2) is 9.97 Å². The fourth-order valence-corrected chi connectivity index (χ4v) is 0.652. The maximum Gasteiger partial charge on any atom is 0.281 e. The first-order valence-corrected chi connectivity index (χ1v) is 3.70. The summed E-state index contributed by atoms with van der Waals surface area (Å²) in [6, 6.07) is 0. The van der Waals surface area contributed by atoms with Crippen LogP contribution in [-0.2, 0) is 0 Å². The third kappa shape index (κ3) is 2.98. The number of aliphatic imine (C=N–C) groups is 1. The van der Waals surface area contributed by atoms with Gasteiger partial charge in [0.1, 0.15) is 6.33 Å². The predicted molar refractivity (Wildman–Crippen MR) is 48.5 cm³/mol. The van der Waals surface area contributed by atoms with Crippen molar-refractivity contribution < 1.29 is 4.79 Å². The summed E-state index contributed by atoms with van der Waals surface area (Å²) in [5, 5.41) is 0. The van der Waals surface area contributed by atoms with Crippen molar-refractivity contribution in [2.24, 2.45) is 4.99 Å². The zero-order chi connectivity index (χ0) is 9.68. The molecule has 0 N–H and O–H groups in total. The fraction of sp³-hybridized carbons (Fsp3) is 0.250. The number of aromatic nitrogens is 2. The lowest BCUT2D eigenvalue weighted by molar-refractivity contribution is 0.100. The zero-order valence-electron chi connectivity index (χ0n) is 7.51. The summed E-state index contributed by atoms with van der Waals surface area (Å²) < 4.78 is 0. The van der Waals surface area contributed by atoms with E-state index in [2.05, 4.69) is 15.0 Å². The largest absolute Gasteiger partial charge is 0.369 e. The summed E-state index contributed by atoms with van der Waals surface area (Å²) in [4.78, 5) is 24.0. The van der Waals surface area contributed by atoms with E-state index < -0.39 is 0 Å². The Labute approximate surface area is 76.1 Å². The number of carbonyl (C=O) groups is 1. The molecule has 0 atom stereocenters. The van der Waals surface area contributed by atoms with E-state index in [0.29, 0.717) is 5.56 Å². The molecule has 0 bridgehead atoms. The molecule has 1 rings (SSSR count). The molecule has 0 aliphatic carbocycles. The fourth-order valence-electron chi connectivity index (χ4n) is 0.652. The second kappa shape index (κ2) is 4.30. The van der Waals surface area contributed by atoms with Gasteiger partial charge in [-0.3, -0.25) is 4.79 Å². The lowest BCUT2D eigenvalue weighted by Crippen LogP contribution is -2.09. The van der Waals surface area contributed by atoms with Crippen molar-refractivity contribution >= 4 is 12.2 Å². The average molecular weight is 178 g/mol. The lowest BCUT2D eigenvalue weighted by Gasteiger charge is -2.00. The molecule has 0 saturated heterocycles. The van der Waals surface area contributed by atoms with Crippen LogP contribution in [0.3, 0.4) is 0 Å². The van der Waals surface area contributed by atoms with Gasteiger partial charge in [0.05, 0.1) is 11.9 Å². The van der Waals surface area contributed by atoms with Crippen molar-refractivity contribution in [3.63, 3.8) is 0 Å². The minimum Gasteiger partial charge on any atom is -0.369 e. The van der Waals surface area contributed by atoms with Gasteiger partial charge in [-0.05, 0) is 0 Å². The molecule has 1 aromatic rings. The smallest absolute Gasteiger partial charge is 0.281 e. The van der Waals surface area contributed by atoms with E-state index in [1.165, 1.54) is 25.1 Å². The summed E-state index contributed by atoms with van der Waals surface area (Å²) >= 11 is 0. The molecule has 1 heterocycles. The summed E-state index contributed by atoms with van der Waals surface area (Å²) in [5.74, 6) is -0.339. The third-order valence-electron chi connectivity index (χ3n) is 1.21. The van der Waals surface area contributed by atoms with Crippen LogP contribution in [0.4, 0.5) is 0 Å². The van der Waals surface area contributed by atoms with Crippen LogP contribution in [0.15, 0.2) is 23.7 Å². The van der Waals surface area contributed by atoms with Gasteiger partial charge < -0.3 is 4.90 Å². The van der Waals surface area contributed by atoms with Crippen LogP contribution in [0.1, 0.15) is 10.4 Å². The van der Waals surface area contributed by atoms with Crippen LogP contribution in [0, 0.1) is 0 Å². The van der Waals surface area contributed by atoms with Gasteiger partial charge in [0, 0.05) is 26.5 Å². The Morgan fingerprint density at radius 1 is 1.46 bits per heavy atom. The minimum absolute atomic E-state index is 0.339. The molecule has 0 aromatic carbocycles. The molecule has 5 heteroatoms. The molecule has 0 aliphatic rings. The number of rotatable bonds is 2. The van der Waals surface area contributed by atoms with Crippen molar-refractivity contribution in [3.05, 3.63) is 24.3 Å². The molecule has 0 aliphatic heterocycles. The maximum absolute atomic E-state index is 11.2. The first-order chi connectivity index (χ1) is 6.20. The Bertz CT molecular complexity index is 307. The molecule has 5 nitrogen and oxygen atoms in total. The molecule has 0 fully saturated rings. The van der Waals surface area contributed by atoms with Crippen molar-refractivity contribution in [2.45, 2.75) is 0 Å². The second-order valence-electron chi connectivity index (χ2n) is 2.64. The van der Waals surface area contributed by atoms with E-state index >= 15 is 0 Å². The molecule has 1 amide bonds. The van der Waals surface area contributed by atoms with Crippen LogP contribution in [-0.4, -0.2) is 41.2 Å². The normalized spacial score (nSPS) is 10.3. The van der Waals surface area contributed by atoms with Gasteiger partial charge in [-0.2, -0.15) is 4.99 Å². The highest BCUT2D eigenvalue weighted by atomic mass is 16.1. The van der Waals surface area contributed by atoms with Gasteiger partial charge >= 0.3 is 0 Å². The molecule has 0 radical (unpaired) electrons. The van der Waals surface area contributed by atoms with Crippen molar-refractivity contribution in [3.8, 4) is 0 Å². The standard InChI is InChI=1S/C8H10N4O/c1-12(2)6-11-8(13)7-3-9-5-10-4-7/h3-6H,1-2H3. The van der Waals surface area contributed by atoms with Crippen molar-refractivity contribution in [2.75, 3.05) is 14.1 Å². The number of hydrogen-bond donors (Lipinski definition) is 0. The van der Waals surface area contributed by atoms with Crippen molar-refractivity contribution in [1.82, 2.24) is 14.9 Å². The Hall–Kier alpha value is -1.78. The van der Waals surface area contributed by atoms with E-state index in [1.807, 2.05) is 0 Å². The SMILES string of the molecule is CN(C)C=NC(=O)c1cncnc1. The highest BCUT2D eigenvalue weighted by molar-refractivity contribution is 5.98. The van der Waals surface area contributed by atoms with Gasteiger partial charge in [0.25, 0.3) is 5.91 Å². The van der Waals surface area contributed by atoms with Crippen LogP contribution in [0.5, 0.6) is 0 Å². The highest BCUT2D eigenvalue weighted by Gasteiger charge is 2.01. The van der Waals surface area contributed by atoms with Gasteiger partial charge in [0.2, 0.25) is 0 Å². The minimum atomic E-state index is -0.339. The summed E-state index contributed by atoms with van der Waals surface area (Å²) in [7, 11) is 3.58. The highest BCUT2D eigenvalue weighted by Crippen LogP contribution is 1.95. The van der Waals surface area contributed by atoms with Crippen molar-refractivity contribution in [1.29, 1.82) is 0 Å². The molecule has 68 valence electrons. The van der Waals surface area contributed by atoms with Gasteiger partial charge in [-0.1, -0.05) is 0 Å². The Morgan fingerprint density at radius 2 is 2.08 bits per heavy atom. The van der Waals surface area contributed by atoms with E-state index in [1.54, 1.807) is 19.0 Å². The molecular formula is C8H10N4O. The Balaban J connectivity index is 2.70. The van der Waals surface area contributed by atoms with E-state index in [9.17, 15) is 4.79 Å². The summed E-state index contributed by atoms with van der Waals surface area (Å²) in [5.41, 5.74) is 0.389. The zero-order valence-corrected chi connectivity index (χ0v) is 7.51. The average Bonchev–Trinajstić information content (AvgIpc) is 2.15. The molecule has 13 heavy (non-hydrogen) atoms. The topological polar surface area (TPSA) is 58.5 Å². The first kappa shape index (κ1) is 9.31. The third-order valence-corrected chi connectivity index (χ3v) is 1.21. The molecule has 0 saturated carbocycles. The number of nitrogens with zero attached hydrogens (tertiary/aromatic N) is 4. The van der Waals surface area contributed by atoms with Crippen LogP contribution >= 0.6 is 0 Å². The number of amides is 1. The summed E-state index contributed by atoms with van der Waals surface area (Å²) in [6.07, 6.45) is 5.67. The maximum atomic E-state index is 11.2. The predicted octanol–water partition coefficient (Wildman–Crippen LogP) is 0.207. The number of carbonyl (C=O) groups excluding carboxylic acids is 1. The molecule has 0 spiro atoms. The monoisotopic (exact) mass is 178 g/mol. The Morgan fingerprint density at radius 3 is 2.62 bits per heavy atom. The van der Waals surface area contributed by atoms with Crippen LogP contribution in [0.25, 0.3) is 0 Å². The quantitative estimate of drug-likeness (QED) is 0.479. The van der Waals surface area contributed by atoms with E-state index in [4.69, 9.17) is 0 Å².